The summed E-state index contributed by atoms with van der Waals surface area (Å²) in [6, 6.07) is 0. The number of amides is 1. The summed E-state index contributed by atoms with van der Waals surface area (Å²) in [6.07, 6.45) is 1.21. The van der Waals surface area contributed by atoms with Gasteiger partial charge in [0.05, 0.1) is 13.2 Å². The Morgan fingerprint density at radius 2 is 2.07 bits per heavy atom. The molecule has 0 aliphatic rings. The molecule has 15 heavy (non-hydrogen) atoms. The van der Waals surface area contributed by atoms with E-state index in [0.717, 1.165) is 0 Å². The van der Waals surface area contributed by atoms with Gasteiger partial charge in [0.1, 0.15) is 0 Å². The van der Waals surface area contributed by atoms with E-state index in [2.05, 4.69) is 10.1 Å². The number of aliphatic hydroxyl groups is 1. The molecule has 0 radical (unpaired) electrons. The standard InChI is InChI=1S/C10H19NO4/c1-8(12)5-6-9(13)11-7-3-4-10(14)15-2/h8,12H,3-7H2,1-2H3,(H,11,13). The highest BCUT2D eigenvalue weighted by atomic mass is 16.5. The molecule has 0 saturated heterocycles. The average molecular weight is 217 g/mol. The normalized spacial score (nSPS) is 11.9. The van der Waals surface area contributed by atoms with Gasteiger partial charge in [0, 0.05) is 19.4 Å². The number of nitrogens with one attached hydrogen (secondary N) is 1. The third kappa shape index (κ3) is 9.21. The molecule has 0 fully saturated rings. The first-order valence-corrected chi connectivity index (χ1v) is 5.08. The molecule has 1 unspecified atom stereocenters. The van der Waals surface area contributed by atoms with Gasteiger partial charge in [0.25, 0.3) is 0 Å². The van der Waals surface area contributed by atoms with Crippen molar-refractivity contribution in [2.75, 3.05) is 13.7 Å². The van der Waals surface area contributed by atoms with Crippen molar-refractivity contribution < 1.29 is 19.4 Å². The Morgan fingerprint density at radius 3 is 2.60 bits per heavy atom. The molecule has 0 saturated carbocycles. The van der Waals surface area contributed by atoms with Crippen LogP contribution in [0.3, 0.4) is 0 Å². The van der Waals surface area contributed by atoms with E-state index in [4.69, 9.17) is 5.11 Å². The van der Waals surface area contributed by atoms with Crippen molar-refractivity contribution in [3.63, 3.8) is 0 Å². The lowest BCUT2D eigenvalue weighted by atomic mass is 10.2. The minimum absolute atomic E-state index is 0.0965. The molecular weight excluding hydrogens is 198 g/mol. The van der Waals surface area contributed by atoms with Gasteiger partial charge in [0.2, 0.25) is 5.91 Å². The molecular formula is C10H19NO4. The molecule has 0 aromatic rings. The highest BCUT2D eigenvalue weighted by molar-refractivity contribution is 5.76. The van der Waals surface area contributed by atoms with Crippen molar-refractivity contribution in [2.45, 2.75) is 38.7 Å². The van der Waals surface area contributed by atoms with Gasteiger partial charge in [-0.15, -0.1) is 0 Å². The Hall–Kier alpha value is -1.10. The number of rotatable bonds is 7. The highest BCUT2D eigenvalue weighted by Crippen LogP contribution is 1.95. The minimum Gasteiger partial charge on any atom is -0.469 e. The summed E-state index contributed by atoms with van der Waals surface area (Å²) in [7, 11) is 1.34. The number of esters is 1. The number of carbonyl (C=O) groups excluding carboxylic acids is 2. The van der Waals surface area contributed by atoms with Gasteiger partial charge in [0.15, 0.2) is 0 Å². The van der Waals surface area contributed by atoms with Gasteiger partial charge in [-0.25, -0.2) is 0 Å². The van der Waals surface area contributed by atoms with Gasteiger partial charge in [-0.1, -0.05) is 0 Å². The van der Waals surface area contributed by atoms with Crippen LogP contribution in [0.4, 0.5) is 0 Å². The van der Waals surface area contributed by atoms with Crippen LogP contribution in [-0.2, 0) is 14.3 Å². The molecule has 5 nitrogen and oxygen atoms in total. The minimum atomic E-state index is -0.453. The molecule has 0 aliphatic heterocycles. The SMILES string of the molecule is COC(=O)CCCNC(=O)CCC(C)O. The largest absolute Gasteiger partial charge is 0.469 e. The first-order valence-electron chi connectivity index (χ1n) is 5.08. The van der Waals surface area contributed by atoms with Gasteiger partial charge in [-0.3, -0.25) is 9.59 Å². The van der Waals surface area contributed by atoms with E-state index >= 15 is 0 Å². The van der Waals surface area contributed by atoms with E-state index in [9.17, 15) is 9.59 Å². The van der Waals surface area contributed by atoms with Gasteiger partial charge >= 0.3 is 5.97 Å². The average Bonchev–Trinajstić information content (AvgIpc) is 2.21. The molecule has 0 bridgehead atoms. The fourth-order valence-electron chi connectivity index (χ4n) is 0.991. The summed E-state index contributed by atoms with van der Waals surface area (Å²) in [6.45, 7) is 2.11. The molecule has 0 heterocycles. The van der Waals surface area contributed by atoms with Crippen molar-refractivity contribution in [3.05, 3.63) is 0 Å². The zero-order chi connectivity index (χ0) is 11.7. The van der Waals surface area contributed by atoms with Crippen LogP contribution in [-0.4, -0.2) is 36.7 Å². The monoisotopic (exact) mass is 217 g/mol. The number of carbonyl (C=O) groups is 2. The summed E-state index contributed by atoms with van der Waals surface area (Å²) in [5, 5.41) is 11.6. The smallest absolute Gasteiger partial charge is 0.305 e. The van der Waals surface area contributed by atoms with E-state index in [1.54, 1.807) is 6.92 Å². The molecule has 0 aromatic heterocycles. The Bertz CT molecular complexity index is 204. The van der Waals surface area contributed by atoms with E-state index in [-0.39, 0.29) is 11.9 Å². The van der Waals surface area contributed by atoms with Crippen LogP contribution in [0.15, 0.2) is 0 Å². The maximum Gasteiger partial charge on any atom is 0.305 e. The number of methoxy groups -OCH3 is 1. The molecule has 0 rings (SSSR count). The van der Waals surface area contributed by atoms with E-state index in [1.165, 1.54) is 7.11 Å². The first-order chi connectivity index (χ1) is 7.06. The second-order valence-corrected chi connectivity index (χ2v) is 3.42. The zero-order valence-corrected chi connectivity index (χ0v) is 9.28. The van der Waals surface area contributed by atoms with Crippen LogP contribution in [0, 0.1) is 0 Å². The molecule has 0 aliphatic carbocycles. The summed E-state index contributed by atoms with van der Waals surface area (Å²) in [5.74, 6) is -0.367. The van der Waals surface area contributed by atoms with Crippen molar-refractivity contribution in [2.24, 2.45) is 0 Å². The highest BCUT2D eigenvalue weighted by Gasteiger charge is 2.04. The predicted molar refractivity (Wildman–Crippen MR) is 55.2 cm³/mol. The molecule has 0 spiro atoms. The van der Waals surface area contributed by atoms with Crippen LogP contribution in [0.25, 0.3) is 0 Å². The van der Waals surface area contributed by atoms with Crippen LogP contribution in [0.1, 0.15) is 32.6 Å². The second kappa shape index (κ2) is 8.23. The molecule has 2 N–H and O–H groups in total. The Kier molecular flexibility index (Phi) is 7.62. The van der Waals surface area contributed by atoms with Gasteiger partial charge in [-0.2, -0.15) is 0 Å². The fraction of sp³-hybridized carbons (Fsp3) is 0.800. The summed E-state index contributed by atoms with van der Waals surface area (Å²) in [4.78, 5) is 21.8. The third-order valence-corrected chi connectivity index (χ3v) is 1.90. The van der Waals surface area contributed by atoms with Crippen LogP contribution in [0.5, 0.6) is 0 Å². The lowest BCUT2D eigenvalue weighted by Gasteiger charge is -2.05. The molecule has 1 amide bonds. The Balaban J connectivity index is 3.35. The van der Waals surface area contributed by atoms with Crippen molar-refractivity contribution >= 4 is 11.9 Å². The van der Waals surface area contributed by atoms with Crippen LogP contribution >= 0.6 is 0 Å². The number of ether oxygens (including phenoxy) is 1. The second-order valence-electron chi connectivity index (χ2n) is 3.42. The lowest BCUT2D eigenvalue weighted by Crippen LogP contribution is -2.25. The number of aliphatic hydroxyl groups excluding tert-OH is 1. The first kappa shape index (κ1) is 13.9. The van der Waals surface area contributed by atoms with Crippen LogP contribution in [0.2, 0.25) is 0 Å². The Labute approximate surface area is 89.8 Å². The van der Waals surface area contributed by atoms with Crippen molar-refractivity contribution in [1.29, 1.82) is 0 Å². The fourth-order valence-corrected chi connectivity index (χ4v) is 0.991. The van der Waals surface area contributed by atoms with Crippen molar-refractivity contribution in [3.8, 4) is 0 Å². The summed E-state index contributed by atoms with van der Waals surface area (Å²) < 4.78 is 4.45. The molecule has 0 aromatic carbocycles. The number of hydrogen-bond acceptors (Lipinski definition) is 4. The summed E-state index contributed by atoms with van der Waals surface area (Å²) in [5.41, 5.74) is 0. The molecule has 5 heteroatoms. The maximum atomic E-state index is 11.1. The predicted octanol–water partition coefficient (Wildman–Crippen LogP) is 0.217. The van der Waals surface area contributed by atoms with Gasteiger partial charge in [-0.05, 0) is 19.8 Å². The Morgan fingerprint density at radius 1 is 1.40 bits per heavy atom. The number of hydrogen-bond donors (Lipinski definition) is 2. The topological polar surface area (TPSA) is 75.6 Å². The van der Waals surface area contributed by atoms with Gasteiger partial charge < -0.3 is 15.2 Å². The summed E-state index contributed by atoms with van der Waals surface area (Å²) >= 11 is 0. The van der Waals surface area contributed by atoms with Crippen molar-refractivity contribution in [1.82, 2.24) is 5.32 Å². The zero-order valence-electron chi connectivity index (χ0n) is 9.28. The molecule has 1 atom stereocenters. The third-order valence-electron chi connectivity index (χ3n) is 1.90. The van der Waals surface area contributed by atoms with Crippen LogP contribution < -0.4 is 5.32 Å². The lowest BCUT2D eigenvalue weighted by molar-refractivity contribution is -0.140. The maximum absolute atomic E-state index is 11.1. The molecule has 88 valence electrons. The van der Waals surface area contributed by atoms with E-state index in [1.807, 2.05) is 0 Å². The van der Waals surface area contributed by atoms with E-state index in [0.29, 0.717) is 32.2 Å². The quantitative estimate of drug-likeness (QED) is 0.472. The van der Waals surface area contributed by atoms with E-state index < -0.39 is 6.10 Å².